The van der Waals surface area contributed by atoms with Crippen molar-refractivity contribution < 1.29 is 0 Å². The van der Waals surface area contributed by atoms with Crippen LogP contribution >= 0.6 is 11.8 Å². The van der Waals surface area contributed by atoms with Gasteiger partial charge in [0.2, 0.25) is 0 Å². The molecule has 0 bridgehead atoms. The van der Waals surface area contributed by atoms with E-state index < -0.39 is 0 Å². The number of thioether (sulfide) groups is 1. The minimum atomic E-state index is 0.473. The second-order valence-corrected chi connectivity index (χ2v) is 5.41. The standard InChI is InChI=1S/C14H15N3S/c1-2-11-5-6-14(15-10-11)17-8-7-12(16-17)13-4-3-9-18-13/h3,5-10,13H,2,4H2,1H3. The van der Waals surface area contributed by atoms with Crippen LogP contribution in [-0.2, 0) is 6.42 Å². The van der Waals surface area contributed by atoms with E-state index in [2.05, 4.69) is 40.6 Å². The molecule has 2 aromatic rings. The molecule has 3 nitrogen and oxygen atoms in total. The van der Waals surface area contributed by atoms with E-state index in [-0.39, 0.29) is 0 Å². The zero-order valence-corrected chi connectivity index (χ0v) is 11.1. The smallest absolute Gasteiger partial charge is 0.153 e. The van der Waals surface area contributed by atoms with Gasteiger partial charge in [-0.15, -0.1) is 11.8 Å². The van der Waals surface area contributed by atoms with Crippen molar-refractivity contribution in [2.75, 3.05) is 0 Å². The largest absolute Gasteiger partial charge is 0.237 e. The summed E-state index contributed by atoms with van der Waals surface area (Å²) in [5.74, 6) is 0.884. The summed E-state index contributed by atoms with van der Waals surface area (Å²) in [6, 6.07) is 6.21. The Morgan fingerprint density at radius 3 is 3.00 bits per heavy atom. The molecule has 0 aromatic carbocycles. The molecule has 1 aliphatic heterocycles. The van der Waals surface area contributed by atoms with Crippen molar-refractivity contribution in [3.63, 3.8) is 0 Å². The molecule has 1 aliphatic rings. The van der Waals surface area contributed by atoms with Crippen LogP contribution in [0.4, 0.5) is 0 Å². The summed E-state index contributed by atoms with van der Waals surface area (Å²) in [7, 11) is 0. The number of aryl methyl sites for hydroxylation is 1. The molecule has 0 aliphatic carbocycles. The fraction of sp³-hybridized carbons (Fsp3) is 0.286. The highest BCUT2D eigenvalue weighted by Gasteiger charge is 2.16. The first-order valence-electron chi connectivity index (χ1n) is 6.18. The van der Waals surface area contributed by atoms with Crippen molar-refractivity contribution in [1.82, 2.24) is 14.8 Å². The zero-order valence-electron chi connectivity index (χ0n) is 10.3. The number of hydrogen-bond acceptors (Lipinski definition) is 3. The molecule has 18 heavy (non-hydrogen) atoms. The summed E-state index contributed by atoms with van der Waals surface area (Å²) in [4.78, 5) is 4.44. The van der Waals surface area contributed by atoms with Crippen LogP contribution in [0.15, 0.2) is 42.1 Å². The van der Waals surface area contributed by atoms with Crippen molar-refractivity contribution >= 4 is 11.8 Å². The van der Waals surface area contributed by atoms with Gasteiger partial charge >= 0.3 is 0 Å². The molecule has 1 atom stereocenters. The average molecular weight is 257 g/mol. The topological polar surface area (TPSA) is 30.7 Å². The van der Waals surface area contributed by atoms with Crippen LogP contribution in [0, 0.1) is 0 Å². The first kappa shape index (κ1) is 11.5. The van der Waals surface area contributed by atoms with Gasteiger partial charge < -0.3 is 0 Å². The highest BCUT2D eigenvalue weighted by molar-refractivity contribution is 8.02. The molecule has 4 heteroatoms. The van der Waals surface area contributed by atoms with Crippen molar-refractivity contribution in [2.24, 2.45) is 0 Å². The van der Waals surface area contributed by atoms with Gasteiger partial charge in [-0.25, -0.2) is 9.67 Å². The molecular formula is C14H15N3S. The third-order valence-electron chi connectivity index (χ3n) is 3.08. The Bertz CT molecular complexity index is 549. The fourth-order valence-electron chi connectivity index (χ4n) is 1.97. The van der Waals surface area contributed by atoms with Crippen molar-refractivity contribution in [3.8, 4) is 5.82 Å². The highest BCUT2D eigenvalue weighted by Crippen LogP contribution is 2.37. The number of pyridine rings is 1. The summed E-state index contributed by atoms with van der Waals surface area (Å²) in [5, 5.41) is 7.24. The predicted molar refractivity (Wildman–Crippen MR) is 74.8 cm³/mol. The van der Waals surface area contributed by atoms with Gasteiger partial charge in [0, 0.05) is 12.4 Å². The molecule has 0 amide bonds. The first-order chi connectivity index (χ1) is 8.86. The van der Waals surface area contributed by atoms with E-state index in [0.29, 0.717) is 5.25 Å². The van der Waals surface area contributed by atoms with Gasteiger partial charge in [-0.3, -0.25) is 0 Å². The van der Waals surface area contributed by atoms with Crippen LogP contribution in [0.3, 0.4) is 0 Å². The van der Waals surface area contributed by atoms with Crippen LogP contribution in [0.2, 0.25) is 0 Å². The van der Waals surface area contributed by atoms with Crippen molar-refractivity contribution in [1.29, 1.82) is 0 Å². The molecule has 0 spiro atoms. The number of hydrogen-bond donors (Lipinski definition) is 0. The molecule has 0 radical (unpaired) electrons. The molecule has 1 unspecified atom stereocenters. The lowest BCUT2D eigenvalue weighted by atomic mass is 10.2. The van der Waals surface area contributed by atoms with Gasteiger partial charge in [-0.05, 0) is 35.9 Å². The molecule has 0 fully saturated rings. The number of rotatable bonds is 3. The Labute approximate surface area is 111 Å². The second-order valence-electron chi connectivity index (χ2n) is 4.30. The SMILES string of the molecule is CCc1ccc(-n2ccc(C3CC=CS3)n2)nc1. The Morgan fingerprint density at radius 1 is 1.39 bits per heavy atom. The van der Waals surface area contributed by atoms with Gasteiger partial charge in [0.05, 0.1) is 10.9 Å². The Kier molecular flexibility index (Phi) is 3.19. The normalized spacial score (nSPS) is 18.4. The molecule has 0 N–H and O–H groups in total. The minimum Gasteiger partial charge on any atom is -0.237 e. The Hall–Kier alpha value is -1.55. The summed E-state index contributed by atoms with van der Waals surface area (Å²) in [6.07, 6.45) is 8.19. The lowest BCUT2D eigenvalue weighted by Crippen LogP contribution is -2.00. The summed E-state index contributed by atoms with van der Waals surface area (Å²) < 4.78 is 1.85. The van der Waals surface area contributed by atoms with E-state index in [1.54, 1.807) is 0 Å². The van der Waals surface area contributed by atoms with E-state index in [1.165, 1.54) is 5.56 Å². The van der Waals surface area contributed by atoms with E-state index in [9.17, 15) is 0 Å². The molecule has 2 aromatic heterocycles. The molecule has 3 rings (SSSR count). The lowest BCUT2D eigenvalue weighted by Gasteiger charge is -2.04. The van der Waals surface area contributed by atoms with Crippen molar-refractivity contribution in [3.05, 3.63) is 53.3 Å². The second kappa shape index (κ2) is 4.98. The number of nitrogens with zero attached hydrogens (tertiary/aromatic N) is 3. The monoisotopic (exact) mass is 257 g/mol. The number of aromatic nitrogens is 3. The van der Waals surface area contributed by atoms with Gasteiger partial charge in [0.1, 0.15) is 0 Å². The van der Waals surface area contributed by atoms with E-state index >= 15 is 0 Å². The number of allylic oxidation sites excluding steroid dienone is 1. The maximum atomic E-state index is 4.61. The third kappa shape index (κ3) is 2.20. The zero-order chi connectivity index (χ0) is 12.4. The van der Waals surface area contributed by atoms with Gasteiger partial charge in [0.25, 0.3) is 0 Å². The molecule has 3 heterocycles. The average Bonchev–Trinajstić information content (AvgIpc) is 3.09. The molecular weight excluding hydrogens is 242 g/mol. The summed E-state index contributed by atoms with van der Waals surface area (Å²) in [6.45, 7) is 2.13. The van der Waals surface area contributed by atoms with E-state index in [0.717, 1.165) is 24.4 Å². The maximum Gasteiger partial charge on any atom is 0.153 e. The van der Waals surface area contributed by atoms with Crippen LogP contribution in [0.5, 0.6) is 0 Å². The van der Waals surface area contributed by atoms with Gasteiger partial charge in [-0.2, -0.15) is 5.10 Å². The third-order valence-corrected chi connectivity index (χ3v) is 4.19. The van der Waals surface area contributed by atoms with E-state index in [4.69, 9.17) is 0 Å². The Morgan fingerprint density at radius 2 is 2.33 bits per heavy atom. The maximum absolute atomic E-state index is 4.61. The lowest BCUT2D eigenvalue weighted by molar-refractivity contribution is 0.798. The van der Waals surface area contributed by atoms with E-state index in [1.807, 2.05) is 34.9 Å². The molecule has 92 valence electrons. The minimum absolute atomic E-state index is 0.473. The summed E-state index contributed by atoms with van der Waals surface area (Å²) in [5.41, 5.74) is 2.38. The highest BCUT2D eigenvalue weighted by atomic mass is 32.2. The van der Waals surface area contributed by atoms with Crippen LogP contribution in [-0.4, -0.2) is 14.8 Å². The first-order valence-corrected chi connectivity index (χ1v) is 7.12. The summed E-state index contributed by atoms with van der Waals surface area (Å²) >= 11 is 1.83. The van der Waals surface area contributed by atoms with Gasteiger partial charge in [0.15, 0.2) is 5.82 Å². The predicted octanol–water partition coefficient (Wildman–Crippen LogP) is 3.52. The quantitative estimate of drug-likeness (QED) is 0.843. The Balaban J connectivity index is 1.83. The fourth-order valence-corrected chi connectivity index (χ4v) is 2.87. The van der Waals surface area contributed by atoms with Crippen LogP contribution in [0.25, 0.3) is 5.82 Å². The van der Waals surface area contributed by atoms with Gasteiger partial charge in [-0.1, -0.05) is 19.1 Å². The molecule has 0 saturated carbocycles. The molecule has 0 saturated heterocycles. The van der Waals surface area contributed by atoms with Crippen molar-refractivity contribution in [2.45, 2.75) is 25.0 Å². The van der Waals surface area contributed by atoms with Crippen LogP contribution < -0.4 is 0 Å². The van der Waals surface area contributed by atoms with Crippen LogP contribution in [0.1, 0.15) is 29.9 Å².